The second-order valence-electron chi connectivity index (χ2n) is 9.04. The lowest BCUT2D eigenvalue weighted by Crippen LogP contribution is -2.45. The van der Waals surface area contributed by atoms with E-state index in [9.17, 15) is 9.59 Å². The van der Waals surface area contributed by atoms with Crippen molar-refractivity contribution in [1.82, 2.24) is 9.88 Å². The number of aliphatic imine (C=N–C) groups is 2. The van der Waals surface area contributed by atoms with Gasteiger partial charge in [-0.25, -0.2) is 4.99 Å². The molecule has 1 unspecified atom stereocenters. The number of hydrogen-bond acceptors (Lipinski definition) is 7. The first-order valence-electron chi connectivity index (χ1n) is 12.3. The first kappa shape index (κ1) is 24.7. The van der Waals surface area contributed by atoms with E-state index in [0.717, 1.165) is 22.0 Å². The number of carbonyl (C=O) groups excluding carboxylic acids is 2. The van der Waals surface area contributed by atoms with Crippen LogP contribution in [0.1, 0.15) is 11.1 Å². The number of thioether (sulfide) groups is 1. The van der Waals surface area contributed by atoms with Gasteiger partial charge in [0.15, 0.2) is 5.17 Å². The average molecular weight is 540 g/mol. The Morgan fingerprint density at radius 2 is 1.87 bits per heavy atom. The lowest BCUT2D eigenvalue weighted by Gasteiger charge is -2.31. The van der Waals surface area contributed by atoms with Crippen LogP contribution in [0.4, 0.5) is 11.4 Å². The number of H-pyrrole nitrogens is 1. The quantitative estimate of drug-likeness (QED) is 0.351. The highest BCUT2D eigenvalue weighted by atomic mass is 32.2. The van der Waals surface area contributed by atoms with E-state index in [1.165, 1.54) is 18.9 Å². The second kappa shape index (κ2) is 10.3. The number of nitrogens with one attached hydrogen (secondary N) is 2. The smallest absolute Gasteiger partial charge is 0.271 e. The number of anilines is 1. The van der Waals surface area contributed by atoms with E-state index in [2.05, 4.69) is 15.3 Å². The third-order valence-corrected chi connectivity index (χ3v) is 7.66. The number of carbonyl (C=O) groups is 2. The molecule has 0 radical (unpaired) electrons. The highest BCUT2D eigenvalue weighted by Gasteiger charge is 2.42. The molecule has 0 saturated carbocycles. The maximum Gasteiger partial charge on any atom is 0.271 e. The first-order chi connectivity index (χ1) is 19.1. The zero-order chi connectivity index (χ0) is 26.9. The number of rotatable bonds is 7. The number of amidine groups is 2. The molecule has 1 atom stereocenters. The number of para-hydroxylation sites is 2. The van der Waals surface area contributed by atoms with Crippen LogP contribution < -0.4 is 14.8 Å². The predicted octanol–water partition coefficient (Wildman–Crippen LogP) is 4.76. The monoisotopic (exact) mass is 539 g/mol. The molecular weight excluding hydrogens is 514 g/mol. The van der Waals surface area contributed by atoms with Crippen LogP contribution in [0, 0.1) is 0 Å². The summed E-state index contributed by atoms with van der Waals surface area (Å²) in [5, 5.41) is 4.51. The van der Waals surface area contributed by atoms with Crippen LogP contribution in [-0.4, -0.2) is 58.7 Å². The normalized spacial score (nSPS) is 15.9. The van der Waals surface area contributed by atoms with Gasteiger partial charge >= 0.3 is 0 Å². The number of hydrogen-bond donors (Lipinski definition) is 2. The Kier molecular flexibility index (Phi) is 6.54. The van der Waals surface area contributed by atoms with Crippen molar-refractivity contribution in [3.8, 4) is 11.5 Å². The third kappa shape index (κ3) is 4.63. The molecule has 0 aliphatic carbocycles. The largest absolute Gasteiger partial charge is 0.497 e. The number of ether oxygens (including phenoxy) is 2. The molecule has 39 heavy (non-hydrogen) atoms. The number of fused-ring (bicyclic) bond motifs is 4. The number of nitrogens with zero attached hydrogens (tertiary/aromatic N) is 3. The number of aromatic amines is 1. The number of methoxy groups -OCH3 is 2. The van der Waals surface area contributed by atoms with Crippen LogP contribution in [0.2, 0.25) is 0 Å². The molecule has 9 nitrogen and oxygen atoms in total. The van der Waals surface area contributed by atoms with E-state index < -0.39 is 6.04 Å². The van der Waals surface area contributed by atoms with Gasteiger partial charge in [0.05, 0.1) is 31.3 Å². The minimum absolute atomic E-state index is 0.0773. The molecular formula is C29H25N5O4S. The highest BCUT2D eigenvalue weighted by Crippen LogP contribution is 2.36. The SMILES string of the molecule is COc1ccc(NC(=O)CSC2=Nc3ccccc3C3=NC(=O)C(Cc4c[nH]c5ccccc45)N23)c(OC)c1. The molecule has 2 N–H and O–H groups in total. The van der Waals surface area contributed by atoms with Gasteiger partial charge in [-0.3, -0.25) is 14.5 Å². The molecule has 0 spiro atoms. The van der Waals surface area contributed by atoms with Crippen LogP contribution in [0.15, 0.2) is 82.9 Å². The van der Waals surface area contributed by atoms with E-state index in [-0.39, 0.29) is 17.6 Å². The van der Waals surface area contributed by atoms with Crippen molar-refractivity contribution in [3.63, 3.8) is 0 Å². The van der Waals surface area contributed by atoms with Gasteiger partial charge in [-0.2, -0.15) is 4.99 Å². The number of benzene rings is 3. The number of amides is 2. The molecule has 1 aromatic heterocycles. The van der Waals surface area contributed by atoms with Gasteiger partial charge in [0, 0.05) is 35.2 Å². The summed E-state index contributed by atoms with van der Waals surface area (Å²) >= 11 is 1.27. The van der Waals surface area contributed by atoms with Gasteiger partial charge < -0.3 is 19.8 Å². The fraction of sp³-hybridized carbons (Fsp3) is 0.172. The summed E-state index contributed by atoms with van der Waals surface area (Å²) in [5.41, 5.74) is 4.08. The molecule has 2 amide bonds. The van der Waals surface area contributed by atoms with Gasteiger partial charge in [-0.15, -0.1) is 0 Å². The Morgan fingerprint density at radius 1 is 1.05 bits per heavy atom. The standard InChI is InChI=1S/C29H25N5O4S/c1-37-18-11-12-23(25(14-18)38-2)31-26(35)16-39-29-32-22-10-6-4-8-20(22)27-33-28(36)24(34(27)29)13-17-15-30-21-9-5-3-7-19(17)21/h3-12,14-15,24,30H,13,16H2,1-2H3,(H,31,35). The summed E-state index contributed by atoms with van der Waals surface area (Å²) in [6, 6.07) is 20.2. The Morgan fingerprint density at radius 3 is 2.72 bits per heavy atom. The zero-order valence-electron chi connectivity index (χ0n) is 21.3. The van der Waals surface area contributed by atoms with Crippen molar-refractivity contribution < 1.29 is 19.1 Å². The van der Waals surface area contributed by atoms with Gasteiger partial charge in [0.2, 0.25) is 5.91 Å². The summed E-state index contributed by atoms with van der Waals surface area (Å²) in [5.74, 6) is 1.30. The van der Waals surface area contributed by atoms with Crippen LogP contribution in [-0.2, 0) is 16.0 Å². The topological polar surface area (TPSA) is 108 Å². The van der Waals surface area contributed by atoms with E-state index in [0.29, 0.717) is 40.3 Å². The van der Waals surface area contributed by atoms with E-state index in [4.69, 9.17) is 14.5 Å². The molecule has 0 saturated heterocycles. The Balaban J connectivity index is 1.26. The molecule has 6 rings (SSSR count). The number of aromatic nitrogens is 1. The fourth-order valence-electron chi connectivity index (χ4n) is 4.83. The summed E-state index contributed by atoms with van der Waals surface area (Å²) in [7, 11) is 3.10. The summed E-state index contributed by atoms with van der Waals surface area (Å²) in [4.78, 5) is 40.7. The molecule has 196 valence electrons. The zero-order valence-corrected chi connectivity index (χ0v) is 22.1. The Hall–Kier alpha value is -4.57. The molecule has 4 aromatic rings. The van der Waals surface area contributed by atoms with Crippen LogP contribution >= 0.6 is 11.8 Å². The lowest BCUT2D eigenvalue weighted by molar-refractivity contribution is -0.119. The molecule has 3 aromatic carbocycles. The van der Waals surface area contributed by atoms with E-state index in [1.54, 1.807) is 25.3 Å². The minimum Gasteiger partial charge on any atom is -0.497 e. The highest BCUT2D eigenvalue weighted by molar-refractivity contribution is 8.14. The minimum atomic E-state index is -0.566. The van der Waals surface area contributed by atoms with E-state index >= 15 is 0 Å². The fourth-order valence-corrected chi connectivity index (χ4v) is 5.68. The van der Waals surface area contributed by atoms with E-state index in [1.807, 2.05) is 59.6 Å². The van der Waals surface area contributed by atoms with Crippen molar-refractivity contribution in [2.75, 3.05) is 25.3 Å². The van der Waals surface area contributed by atoms with Crippen LogP contribution in [0.5, 0.6) is 11.5 Å². The van der Waals surface area contributed by atoms with Crippen molar-refractivity contribution >= 4 is 56.9 Å². The molecule has 0 bridgehead atoms. The average Bonchev–Trinajstić information content (AvgIpc) is 3.53. The van der Waals surface area contributed by atoms with Crippen molar-refractivity contribution in [1.29, 1.82) is 0 Å². The first-order valence-corrected chi connectivity index (χ1v) is 13.3. The Labute approximate surface area is 228 Å². The summed E-state index contributed by atoms with van der Waals surface area (Å²) in [6.45, 7) is 0. The summed E-state index contributed by atoms with van der Waals surface area (Å²) < 4.78 is 10.6. The van der Waals surface area contributed by atoms with Gasteiger partial charge in [-0.05, 0) is 35.9 Å². The Bertz CT molecular complexity index is 1660. The van der Waals surface area contributed by atoms with Crippen molar-refractivity contribution in [2.45, 2.75) is 12.5 Å². The predicted molar refractivity (Wildman–Crippen MR) is 153 cm³/mol. The molecule has 2 aliphatic rings. The molecule has 2 aliphatic heterocycles. The molecule has 3 heterocycles. The maximum atomic E-state index is 13.3. The van der Waals surface area contributed by atoms with Crippen molar-refractivity contribution in [2.24, 2.45) is 9.98 Å². The van der Waals surface area contributed by atoms with Gasteiger partial charge in [0.1, 0.15) is 23.4 Å². The second-order valence-corrected chi connectivity index (χ2v) is 9.98. The maximum absolute atomic E-state index is 13.3. The molecule has 10 heteroatoms. The third-order valence-electron chi connectivity index (χ3n) is 6.71. The van der Waals surface area contributed by atoms with Crippen molar-refractivity contribution in [3.05, 3.63) is 84.1 Å². The lowest BCUT2D eigenvalue weighted by atomic mass is 10.0. The van der Waals surface area contributed by atoms with Gasteiger partial charge in [0.25, 0.3) is 5.91 Å². The molecule has 0 fully saturated rings. The van der Waals surface area contributed by atoms with Gasteiger partial charge in [-0.1, -0.05) is 42.1 Å². The summed E-state index contributed by atoms with van der Waals surface area (Å²) in [6.07, 6.45) is 2.39. The van der Waals surface area contributed by atoms with Crippen LogP contribution in [0.3, 0.4) is 0 Å². The van der Waals surface area contributed by atoms with Crippen LogP contribution in [0.25, 0.3) is 10.9 Å².